The highest BCUT2D eigenvalue weighted by atomic mass is 32.1. The smallest absolute Gasteiger partial charge is 0.305 e. The Labute approximate surface area is 161 Å². The lowest BCUT2D eigenvalue weighted by Gasteiger charge is -2.07. The third-order valence-electron chi connectivity index (χ3n) is 4.52. The van der Waals surface area contributed by atoms with Gasteiger partial charge in [-0.1, -0.05) is 38.1 Å². The number of rotatable bonds is 5. The number of H-pyrrole nitrogens is 2. The zero-order valence-corrected chi connectivity index (χ0v) is 16.1. The summed E-state index contributed by atoms with van der Waals surface area (Å²) < 4.78 is 0. The molecule has 3 N–H and O–H groups in total. The van der Waals surface area contributed by atoms with Crippen LogP contribution in [0.5, 0.6) is 0 Å². The molecule has 0 unspecified atom stereocenters. The normalized spacial score (nSPS) is 11.2. The molecule has 0 bridgehead atoms. The highest BCUT2D eigenvalue weighted by molar-refractivity contribution is 7.07. The van der Waals surface area contributed by atoms with Crippen LogP contribution in [0.15, 0.2) is 53.4 Å². The van der Waals surface area contributed by atoms with Crippen LogP contribution in [0.3, 0.4) is 0 Å². The van der Waals surface area contributed by atoms with E-state index in [1.54, 1.807) is 16.8 Å². The van der Waals surface area contributed by atoms with Gasteiger partial charge in [-0.3, -0.25) is 4.79 Å². The molecular formula is C21H21N4OS+. The molecule has 2 aromatic heterocycles. The van der Waals surface area contributed by atoms with Gasteiger partial charge >= 0.3 is 5.82 Å². The number of benzene rings is 2. The first-order chi connectivity index (χ1) is 13.1. The predicted octanol–water partition coefficient (Wildman–Crippen LogP) is 4.41. The molecule has 1 amide bonds. The van der Waals surface area contributed by atoms with Crippen molar-refractivity contribution in [1.82, 2.24) is 9.97 Å². The Kier molecular flexibility index (Phi) is 4.73. The maximum absolute atomic E-state index is 12.4. The Balaban J connectivity index is 1.46. The molecule has 136 valence electrons. The van der Waals surface area contributed by atoms with Gasteiger partial charge in [-0.2, -0.15) is 0 Å². The lowest BCUT2D eigenvalue weighted by atomic mass is 10.0. The number of imidazole rings is 1. The number of nitrogens with zero attached hydrogens (tertiary/aromatic N) is 1. The van der Waals surface area contributed by atoms with Crippen molar-refractivity contribution in [3.63, 3.8) is 0 Å². The largest absolute Gasteiger partial charge is 0.326 e. The summed E-state index contributed by atoms with van der Waals surface area (Å²) in [4.78, 5) is 23.3. The molecule has 4 rings (SSSR count). The minimum atomic E-state index is -0.0260. The summed E-state index contributed by atoms with van der Waals surface area (Å²) in [6.45, 7) is 4.32. The Morgan fingerprint density at radius 3 is 2.74 bits per heavy atom. The fraction of sp³-hybridized carbons (Fsp3) is 0.190. The molecule has 0 fully saturated rings. The van der Waals surface area contributed by atoms with Crippen molar-refractivity contribution in [2.24, 2.45) is 0 Å². The Hall–Kier alpha value is -2.99. The highest BCUT2D eigenvalue weighted by Gasteiger charge is 2.14. The fourth-order valence-corrected chi connectivity index (χ4v) is 3.55. The molecule has 2 heterocycles. The molecule has 6 heteroatoms. The van der Waals surface area contributed by atoms with Gasteiger partial charge in [0, 0.05) is 17.1 Å². The summed E-state index contributed by atoms with van der Waals surface area (Å²) in [6, 6.07) is 14.0. The maximum Gasteiger partial charge on any atom is 0.305 e. The second-order valence-corrected chi connectivity index (χ2v) is 7.60. The molecule has 5 nitrogen and oxygen atoms in total. The van der Waals surface area contributed by atoms with E-state index >= 15 is 0 Å². The second-order valence-electron chi connectivity index (χ2n) is 6.88. The van der Waals surface area contributed by atoms with Crippen molar-refractivity contribution >= 4 is 34.0 Å². The molecule has 27 heavy (non-hydrogen) atoms. The van der Waals surface area contributed by atoms with Gasteiger partial charge in [0.1, 0.15) is 0 Å². The van der Waals surface area contributed by atoms with Crippen LogP contribution in [0.25, 0.3) is 22.6 Å². The van der Waals surface area contributed by atoms with E-state index in [0.717, 1.165) is 33.8 Å². The number of anilines is 1. The molecule has 0 aliphatic heterocycles. The van der Waals surface area contributed by atoms with Gasteiger partial charge in [-0.05, 0) is 29.2 Å². The van der Waals surface area contributed by atoms with Crippen LogP contribution in [0, 0.1) is 0 Å². The number of fused-ring (bicyclic) bond motifs is 1. The van der Waals surface area contributed by atoms with Gasteiger partial charge in [0.15, 0.2) is 16.7 Å². The van der Waals surface area contributed by atoms with E-state index in [0.29, 0.717) is 12.3 Å². The molecule has 0 radical (unpaired) electrons. The van der Waals surface area contributed by atoms with Gasteiger partial charge in [-0.15, -0.1) is 11.3 Å². The van der Waals surface area contributed by atoms with E-state index < -0.39 is 0 Å². The van der Waals surface area contributed by atoms with Crippen molar-refractivity contribution in [1.29, 1.82) is 0 Å². The number of carbonyl (C=O) groups excluding carboxylic acids is 1. The average molecular weight is 377 g/mol. The standard InChI is InChI=1S/C21H20N4OS/c1-13(2)15-5-3-14(4-6-15)9-20(26)23-16-7-8-17-18(10-16)25-21(24-17)19-11-27-12-22-19/h3-8,10-13H,9H2,1-2H3,(H,23,26)(H,24,25)/p+1. The SMILES string of the molecule is CC(C)c1ccc(CC(=O)Nc2ccc3[nH+]c(-c4cscn4)[nH]c3c2)cc1. The second kappa shape index (κ2) is 7.32. The van der Waals surface area contributed by atoms with E-state index in [4.69, 9.17) is 0 Å². The summed E-state index contributed by atoms with van der Waals surface area (Å²) in [6.07, 6.45) is 0.358. The summed E-state index contributed by atoms with van der Waals surface area (Å²) in [7, 11) is 0. The number of nitrogens with one attached hydrogen (secondary N) is 3. The molecule has 0 aliphatic rings. The Morgan fingerprint density at radius 1 is 1.22 bits per heavy atom. The van der Waals surface area contributed by atoms with Crippen molar-refractivity contribution in [3.05, 3.63) is 64.5 Å². The molecule has 2 aromatic carbocycles. The number of hydrogen-bond donors (Lipinski definition) is 2. The summed E-state index contributed by atoms with van der Waals surface area (Å²) in [5.74, 6) is 1.33. The lowest BCUT2D eigenvalue weighted by molar-refractivity contribution is -0.330. The van der Waals surface area contributed by atoms with E-state index in [-0.39, 0.29) is 5.91 Å². The molecular weight excluding hydrogens is 356 g/mol. The van der Waals surface area contributed by atoms with Crippen LogP contribution in [-0.2, 0) is 11.2 Å². The summed E-state index contributed by atoms with van der Waals surface area (Å²) >= 11 is 1.55. The first kappa shape index (κ1) is 17.4. The van der Waals surface area contributed by atoms with Gasteiger partial charge in [0.25, 0.3) is 0 Å². The van der Waals surface area contributed by atoms with Crippen LogP contribution < -0.4 is 10.3 Å². The molecule has 4 aromatic rings. The highest BCUT2D eigenvalue weighted by Crippen LogP contribution is 2.20. The van der Waals surface area contributed by atoms with Crippen molar-refractivity contribution in [2.75, 3.05) is 5.32 Å². The fourth-order valence-electron chi connectivity index (χ4n) is 3.01. The minimum Gasteiger partial charge on any atom is -0.326 e. The third kappa shape index (κ3) is 3.90. The van der Waals surface area contributed by atoms with Gasteiger partial charge in [0.2, 0.25) is 5.91 Å². The molecule has 0 spiro atoms. The molecule has 0 saturated heterocycles. The molecule has 0 saturated carbocycles. The minimum absolute atomic E-state index is 0.0260. The number of carbonyl (C=O) groups is 1. The number of hydrogen-bond acceptors (Lipinski definition) is 3. The zero-order valence-electron chi connectivity index (χ0n) is 15.2. The van der Waals surface area contributed by atoms with Crippen molar-refractivity contribution in [2.45, 2.75) is 26.2 Å². The van der Waals surface area contributed by atoms with Crippen molar-refractivity contribution < 1.29 is 9.78 Å². The van der Waals surface area contributed by atoms with Crippen LogP contribution in [-0.4, -0.2) is 15.9 Å². The first-order valence-electron chi connectivity index (χ1n) is 8.91. The molecule has 0 atom stereocenters. The van der Waals surface area contributed by atoms with Crippen LogP contribution in [0.4, 0.5) is 5.69 Å². The van der Waals surface area contributed by atoms with Gasteiger partial charge in [-0.25, -0.2) is 15.0 Å². The maximum atomic E-state index is 12.4. The van der Waals surface area contributed by atoms with Crippen LogP contribution in [0.2, 0.25) is 0 Å². The van der Waals surface area contributed by atoms with E-state index in [1.807, 2.05) is 35.7 Å². The van der Waals surface area contributed by atoms with Gasteiger partial charge in [0.05, 0.1) is 11.9 Å². The van der Waals surface area contributed by atoms with E-state index in [2.05, 4.69) is 46.2 Å². The quantitative estimate of drug-likeness (QED) is 0.541. The van der Waals surface area contributed by atoms with Crippen molar-refractivity contribution in [3.8, 4) is 11.5 Å². The summed E-state index contributed by atoms with van der Waals surface area (Å²) in [5.41, 5.74) is 7.64. The van der Waals surface area contributed by atoms with Gasteiger partial charge < -0.3 is 5.32 Å². The average Bonchev–Trinajstić information content (AvgIpc) is 3.31. The summed E-state index contributed by atoms with van der Waals surface area (Å²) in [5, 5.41) is 4.96. The number of aromatic amines is 2. The Morgan fingerprint density at radius 2 is 2.04 bits per heavy atom. The van der Waals surface area contributed by atoms with Crippen LogP contribution in [0.1, 0.15) is 30.9 Å². The first-order valence-corrected chi connectivity index (χ1v) is 9.85. The number of amides is 1. The number of thiazole rings is 1. The topological polar surface area (TPSA) is 71.9 Å². The number of aromatic nitrogens is 3. The third-order valence-corrected chi connectivity index (χ3v) is 5.11. The van der Waals surface area contributed by atoms with Crippen LogP contribution >= 0.6 is 11.3 Å². The monoisotopic (exact) mass is 377 g/mol. The van der Waals surface area contributed by atoms with E-state index in [9.17, 15) is 4.79 Å². The zero-order chi connectivity index (χ0) is 18.8. The Bertz CT molecular complexity index is 1070. The molecule has 0 aliphatic carbocycles. The predicted molar refractivity (Wildman–Crippen MR) is 109 cm³/mol. The van der Waals surface area contributed by atoms with E-state index in [1.165, 1.54) is 5.56 Å². The lowest BCUT2D eigenvalue weighted by Crippen LogP contribution is -2.14.